The zero-order valence-corrected chi connectivity index (χ0v) is 7.52. The van der Waals surface area contributed by atoms with Crippen LogP contribution in [-0.2, 0) is 0 Å². The van der Waals surface area contributed by atoms with Gasteiger partial charge < -0.3 is 6.15 Å². The molecule has 2 rings (SSSR count). The smallest absolute Gasteiger partial charge is 0.0386 e. The third-order valence-corrected chi connectivity index (χ3v) is 3.47. The fourth-order valence-electron chi connectivity index (χ4n) is 2.86. The second-order valence-electron chi connectivity index (χ2n) is 4.09. The summed E-state index contributed by atoms with van der Waals surface area (Å²) in [5.41, 5.74) is 0. The van der Waals surface area contributed by atoms with Crippen LogP contribution in [0.3, 0.4) is 0 Å². The average Bonchev–Trinajstić information content (AvgIpc) is 2.59. The summed E-state index contributed by atoms with van der Waals surface area (Å²) in [7, 11) is 0. The number of hydrogen-bond donors (Lipinski definition) is 1. The molecule has 0 spiro atoms. The molecule has 0 amide bonds. The molecule has 66 valence electrons. The minimum atomic E-state index is 0. The lowest BCUT2D eigenvalue weighted by Crippen LogP contribution is -2.06. The molecule has 0 bridgehead atoms. The van der Waals surface area contributed by atoms with Crippen LogP contribution in [0.25, 0.3) is 0 Å². The van der Waals surface area contributed by atoms with E-state index >= 15 is 0 Å². The first-order chi connectivity index (χ1) is 4.97. The van der Waals surface area contributed by atoms with E-state index in [0.29, 0.717) is 0 Å². The Kier molecular flexibility index (Phi) is 3.38. The molecule has 0 atom stereocenters. The van der Waals surface area contributed by atoms with Crippen molar-refractivity contribution < 1.29 is 0 Å². The minimum Gasteiger partial charge on any atom is -0.344 e. The van der Waals surface area contributed by atoms with E-state index in [-0.39, 0.29) is 6.15 Å². The Bertz CT molecular complexity index is 85.4. The molecule has 2 saturated carbocycles. The standard InChI is InChI=1S/C10H18.H3N/c1-2-6-9(5-1)10-7-3-4-8-10;/h9-10H,1-8H2;1H3. The van der Waals surface area contributed by atoms with Gasteiger partial charge in [-0.2, -0.15) is 0 Å². The molecule has 0 unspecified atom stereocenters. The van der Waals surface area contributed by atoms with E-state index in [0.717, 1.165) is 11.8 Å². The Balaban J connectivity index is 0.000000605. The van der Waals surface area contributed by atoms with Gasteiger partial charge in [0.25, 0.3) is 0 Å². The quantitative estimate of drug-likeness (QED) is 0.617. The monoisotopic (exact) mass is 155 g/mol. The van der Waals surface area contributed by atoms with Crippen molar-refractivity contribution in [2.75, 3.05) is 0 Å². The van der Waals surface area contributed by atoms with Crippen LogP contribution >= 0.6 is 0 Å². The van der Waals surface area contributed by atoms with Gasteiger partial charge in [-0.15, -0.1) is 0 Å². The van der Waals surface area contributed by atoms with E-state index in [4.69, 9.17) is 0 Å². The van der Waals surface area contributed by atoms with Gasteiger partial charge in [0.2, 0.25) is 0 Å². The molecule has 2 aliphatic rings. The van der Waals surface area contributed by atoms with Crippen molar-refractivity contribution in [3.63, 3.8) is 0 Å². The van der Waals surface area contributed by atoms with Gasteiger partial charge in [0.15, 0.2) is 0 Å². The van der Waals surface area contributed by atoms with Crippen molar-refractivity contribution in [1.82, 2.24) is 6.15 Å². The molecule has 11 heavy (non-hydrogen) atoms. The predicted octanol–water partition coefficient (Wildman–Crippen LogP) is 3.53. The highest BCUT2D eigenvalue weighted by atomic mass is 14.3. The van der Waals surface area contributed by atoms with Crippen LogP contribution in [0, 0.1) is 11.8 Å². The van der Waals surface area contributed by atoms with Gasteiger partial charge in [-0.1, -0.05) is 51.4 Å². The molecule has 0 saturated heterocycles. The van der Waals surface area contributed by atoms with Crippen LogP contribution in [0.1, 0.15) is 51.4 Å². The van der Waals surface area contributed by atoms with E-state index in [2.05, 4.69) is 0 Å². The van der Waals surface area contributed by atoms with Crippen molar-refractivity contribution in [3.8, 4) is 0 Å². The Morgan fingerprint density at radius 3 is 1.09 bits per heavy atom. The molecule has 1 heteroatoms. The van der Waals surface area contributed by atoms with Crippen LogP contribution in [0.15, 0.2) is 0 Å². The molecule has 0 heterocycles. The summed E-state index contributed by atoms with van der Waals surface area (Å²) >= 11 is 0. The van der Waals surface area contributed by atoms with Crippen LogP contribution < -0.4 is 6.15 Å². The first-order valence-corrected chi connectivity index (χ1v) is 4.97. The molecule has 2 fully saturated rings. The Labute approximate surface area is 70.1 Å². The number of hydrogen-bond acceptors (Lipinski definition) is 1. The lowest BCUT2D eigenvalue weighted by atomic mass is 9.90. The summed E-state index contributed by atoms with van der Waals surface area (Å²) in [5.74, 6) is 2.31. The predicted molar refractivity (Wildman–Crippen MR) is 48.9 cm³/mol. The SMILES string of the molecule is C1CCC(C2CCCC2)C1.N. The second kappa shape index (κ2) is 4.10. The van der Waals surface area contributed by atoms with Gasteiger partial charge in [-0.05, 0) is 11.8 Å². The first kappa shape index (κ1) is 9.05. The van der Waals surface area contributed by atoms with Gasteiger partial charge in [0.1, 0.15) is 0 Å². The second-order valence-corrected chi connectivity index (χ2v) is 4.09. The van der Waals surface area contributed by atoms with E-state index < -0.39 is 0 Å². The molecular weight excluding hydrogens is 134 g/mol. The summed E-state index contributed by atoms with van der Waals surface area (Å²) in [6.45, 7) is 0. The molecule has 1 nitrogen and oxygen atoms in total. The summed E-state index contributed by atoms with van der Waals surface area (Å²) in [6.07, 6.45) is 12.4. The van der Waals surface area contributed by atoms with Crippen LogP contribution in [0.5, 0.6) is 0 Å². The molecular formula is C10H21N. The Morgan fingerprint density at radius 2 is 0.818 bits per heavy atom. The van der Waals surface area contributed by atoms with Crippen molar-refractivity contribution >= 4 is 0 Å². The molecule has 0 aromatic heterocycles. The van der Waals surface area contributed by atoms with Gasteiger partial charge in [0, 0.05) is 0 Å². The largest absolute Gasteiger partial charge is 0.344 e. The molecule has 0 aromatic carbocycles. The Morgan fingerprint density at radius 1 is 0.545 bits per heavy atom. The van der Waals surface area contributed by atoms with Gasteiger partial charge in [-0.3, -0.25) is 0 Å². The van der Waals surface area contributed by atoms with E-state index in [1.165, 1.54) is 25.7 Å². The van der Waals surface area contributed by atoms with Crippen molar-refractivity contribution in [2.24, 2.45) is 11.8 Å². The first-order valence-electron chi connectivity index (χ1n) is 4.97. The third kappa shape index (κ3) is 1.96. The van der Waals surface area contributed by atoms with Crippen molar-refractivity contribution in [1.29, 1.82) is 0 Å². The lowest BCUT2D eigenvalue weighted by Gasteiger charge is -2.16. The van der Waals surface area contributed by atoms with Gasteiger partial charge in [-0.25, -0.2) is 0 Å². The normalized spacial score (nSPS) is 27.3. The van der Waals surface area contributed by atoms with Gasteiger partial charge in [0.05, 0.1) is 0 Å². The molecule has 0 aliphatic heterocycles. The lowest BCUT2D eigenvalue weighted by molar-refractivity contribution is 0.347. The zero-order chi connectivity index (χ0) is 6.81. The maximum absolute atomic E-state index is 1.56. The van der Waals surface area contributed by atoms with E-state index in [1.807, 2.05) is 0 Å². The summed E-state index contributed by atoms with van der Waals surface area (Å²) < 4.78 is 0. The molecule has 2 aliphatic carbocycles. The molecule has 0 radical (unpaired) electrons. The highest BCUT2D eigenvalue weighted by Crippen LogP contribution is 2.39. The third-order valence-electron chi connectivity index (χ3n) is 3.47. The number of rotatable bonds is 1. The zero-order valence-electron chi connectivity index (χ0n) is 7.52. The van der Waals surface area contributed by atoms with E-state index in [9.17, 15) is 0 Å². The highest BCUT2D eigenvalue weighted by molar-refractivity contribution is 4.78. The Hall–Kier alpha value is -0.0400. The van der Waals surface area contributed by atoms with Crippen molar-refractivity contribution in [2.45, 2.75) is 51.4 Å². The highest BCUT2D eigenvalue weighted by Gasteiger charge is 2.26. The van der Waals surface area contributed by atoms with E-state index in [1.54, 1.807) is 25.7 Å². The van der Waals surface area contributed by atoms with Gasteiger partial charge >= 0.3 is 0 Å². The topological polar surface area (TPSA) is 35.0 Å². The summed E-state index contributed by atoms with van der Waals surface area (Å²) in [5, 5.41) is 0. The fraction of sp³-hybridized carbons (Fsp3) is 1.00. The van der Waals surface area contributed by atoms with Crippen LogP contribution in [0.4, 0.5) is 0 Å². The van der Waals surface area contributed by atoms with Crippen LogP contribution in [0.2, 0.25) is 0 Å². The minimum absolute atomic E-state index is 0. The fourth-order valence-corrected chi connectivity index (χ4v) is 2.86. The maximum Gasteiger partial charge on any atom is -0.0386 e. The van der Waals surface area contributed by atoms with Crippen LogP contribution in [-0.4, -0.2) is 0 Å². The molecule has 3 N–H and O–H groups in total. The van der Waals surface area contributed by atoms with Crippen molar-refractivity contribution in [3.05, 3.63) is 0 Å². The maximum atomic E-state index is 1.56. The average molecular weight is 155 g/mol. The summed E-state index contributed by atoms with van der Waals surface area (Å²) in [6, 6.07) is 0. The molecule has 0 aromatic rings. The summed E-state index contributed by atoms with van der Waals surface area (Å²) in [4.78, 5) is 0.